The fraction of sp³-hybridized carbons (Fsp3) is 0.136. The molecule has 2 aromatic carbocycles. The number of amidine groups is 1. The number of halogens is 1. The number of nitrogens with one attached hydrogen (secondary N) is 1. The number of amides is 2. The van der Waals surface area contributed by atoms with Crippen LogP contribution in [0.4, 0.5) is 0 Å². The van der Waals surface area contributed by atoms with E-state index in [4.69, 9.17) is 11.6 Å². The molecule has 0 radical (unpaired) electrons. The van der Waals surface area contributed by atoms with E-state index in [1.807, 2.05) is 37.3 Å². The molecule has 2 heterocycles. The van der Waals surface area contributed by atoms with Crippen LogP contribution in [0.5, 0.6) is 0 Å². The smallest absolute Gasteiger partial charge is 0.281 e. The average Bonchev–Trinajstić information content (AvgIpc) is 2.95. The molecule has 0 bridgehead atoms. The summed E-state index contributed by atoms with van der Waals surface area (Å²) in [5.41, 5.74) is 0.888. The van der Waals surface area contributed by atoms with Gasteiger partial charge in [0.25, 0.3) is 11.8 Å². The molecular weight excluding hydrogens is 374 g/mol. The first kappa shape index (κ1) is 18.2. The van der Waals surface area contributed by atoms with Gasteiger partial charge in [-0.1, -0.05) is 41.9 Å². The Morgan fingerprint density at radius 3 is 2.57 bits per heavy atom. The van der Waals surface area contributed by atoms with Gasteiger partial charge in [-0.25, -0.2) is 4.99 Å². The Bertz CT molecular complexity index is 1030. The third-order valence-electron chi connectivity index (χ3n) is 4.70. The topological polar surface area (TPSA) is 61.8 Å². The maximum atomic E-state index is 13.3. The van der Waals surface area contributed by atoms with E-state index < -0.39 is 5.66 Å². The molecule has 2 aromatic rings. The normalized spacial score (nSPS) is 20.5. The van der Waals surface area contributed by atoms with Crippen molar-refractivity contribution in [1.82, 2.24) is 10.2 Å². The zero-order chi connectivity index (χ0) is 19.7. The lowest BCUT2D eigenvalue weighted by molar-refractivity contribution is -0.130. The largest absolute Gasteiger partial charge is 0.320 e. The highest BCUT2D eigenvalue weighted by atomic mass is 35.5. The molecule has 0 aliphatic carbocycles. The van der Waals surface area contributed by atoms with Crippen molar-refractivity contribution in [2.45, 2.75) is 19.0 Å². The summed E-state index contributed by atoms with van der Waals surface area (Å²) < 4.78 is 0. The summed E-state index contributed by atoms with van der Waals surface area (Å²) in [5, 5.41) is 3.48. The Morgan fingerprint density at radius 1 is 1.14 bits per heavy atom. The van der Waals surface area contributed by atoms with E-state index in [9.17, 15) is 9.59 Å². The van der Waals surface area contributed by atoms with Gasteiger partial charge in [0.1, 0.15) is 5.84 Å². The van der Waals surface area contributed by atoms with Crippen molar-refractivity contribution < 1.29 is 9.59 Å². The summed E-state index contributed by atoms with van der Waals surface area (Å²) in [6.45, 7) is 1.93. The number of allylic oxidation sites excluding steroid dienone is 2. The van der Waals surface area contributed by atoms with Crippen molar-refractivity contribution in [1.29, 1.82) is 0 Å². The molecule has 0 fully saturated rings. The summed E-state index contributed by atoms with van der Waals surface area (Å²) in [7, 11) is 0. The number of benzene rings is 2. The standard InChI is InChI=1S/C22H18ClN3O2/c1-15-11-12-26-19(13-15)24-22(21(26)28,14-16-7-9-18(23)10-8-16)25-20(27)17-5-3-2-4-6-17/h2-13H,14H2,1H3,(H,25,27)/t22-/m1/s1. The molecule has 0 saturated heterocycles. The van der Waals surface area contributed by atoms with Crippen molar-refractivity contribution in [3.63, 3.8) is 0 Å². The van der Waals surface area contributed by atoms with E-state index in [1.165, 1.54) is 4.90 Å². The minimum atomic E-state index is -1.42. The predicted octanol–water partition coefficient (Wildman–Crippen LogP) is 3.72. The van der Waals surface area contributed by atoms with Crippen LogP contribution < -0.4 is 5.32 Å². The zero-order valence-electron chi connectivity index (χ0n) is 15.2. The lowest BCUT2D eigenvalue weighted by atomic mass is 9.98. The van der Waals surface area contributed by atoms with Crippen molar-refractivity contribution >= 4 is 29.3 Å². The number of nitrogens with zero attached hydrogens (tertiary/aromatic N) is 2. The third-order valence-corrected chi connectivity index (χ3v) is 4.95. The fourth-order valence-electron chi connectivity index (χ4n) is 3.28. The Morgan fingerprint density at radius 2 is 1.86 bits per heavy atom. The van der Waals surface area contributed by atoms with Gasteiger partial charge < -0.3 is 5.32 Å². The maximum absolute atomic E-state index is 13.3. The highest BCUT2D eigenvalue weighted by molar-refractivity contribution is 6.30. The summed E-state index contributed by atoms with van der Waals surface area (Å²) in [5.74, 6) is -0.120. The Hall–Kier alpha value is -3.18. The van der Waals surface area contributed by atoms with Gasteiger partial charge in [0, 0.05) is 23.2 Å². The second kappa shape index (κ2) is 7.09. The molecule has 1 atom stereocenters. The van der Waals surface area contributed by atoms with Crippen LogP contribution in [0.2, 0.25) is 5.02 Å². The number of hydrogen-bond acceptors (Lipinski definition) is 3. The molecule has 5 nitrogen and oxygen atoms in total. The van der Waals surface area contributed by atoms with E-state index in [0.717, 1.165) is 11.1 Å². The van der Waals surface area contributed by atoms with Crippen molar-refractivity contribution in [3.8, 4) is 0 Å². The van der Waals surface area contributed by atoms with E-state index >= 15 is 0 Å². The lowest BCUT2D eigenvalue weighted by Gasteiger charge is -2.27. The van der Waals surface area contributed by atoms with Gasteiger partial charge in [-0.2, -0.15) is 0 Å². The molecule has 28 heavy (non-hydrogen) atoms. The van der Waals surface area contributed by atoms with Crippen molar-refractivity contribution in [2.75, 3.05) is 0 Å². The van der Waals surface area contributed by atoms with E-state index in [2.05, 4.69) is 10.3 Å². The third kappa shape index (κ3) is 3.37. The highest BCUT2D eigenvalue weighted by Crippen LogP contribution is 2.29. The molecule has 2 aliphatic rings. The molecule has 0 unspecified atom stereocenters. The summed E-state index contributed by atoms with van der Waals surface area (Å²) in [6, 6.07) is 16.0. The van der Waals surface area contributed by atoms with Gasteiger partial charge in [-0.3, -0.25) is 14.5 Å². The first-order chi connectivity index (χ1) is 13.5. The van der Waals surface area contributed by atoms with Crippen LogP contribution in [0.15, 0.2) is 83.5 Å². The molecular formula is C22H18ClN3O2. The zero-order valence-corrected chi connectivity index (χ0v) is 16.0. The second-order valence-corrected chi connectivity index (χ2v) is 7.27. The van der Waals surface area contributed by atoms with Gasteiger partial charge in [0.2, 0.25) is 5.66 Å². The van der Waals surface area contributed by atoms with E-state index in [-0.39, 0.29) is 18.2 Å². The van der Waals surface area contributed by atoms with Gasteiger partial charge in [0.15, 0.2) is 0 Å². The van der Waals surface area contributed by atoms with Crippen LogP contribution in [-0.2, 0) is 11.2 Å². The lowest BCUT2D eigenvalue weighted by Crippen LogP contribution is -2.55. The maximum Gasteiger partial charge on any atom is 0.281 e. The van der Waals surface area contributed by atoms with Crippen LogP contribution >= 0.6 is 11.6 Å². The minimum absolute atomic E-state index is 0.225. The number of carbonyl (C=O) groups is 2. The molecule has 1 N–H and O–H groups in total. The van der Waals surface area contributed by atoms with Gasteiger partial charge in [-0.05, 0) is 54.5 Å². The monoisotopic (exact) mass is 391 g/mol. The van der Waals surface area contributed by atoms with Crippen molar-refractivity contribution in [2.24, 2.45) is 4.99 Å². The molecule has 0 saturated carbocycles. The first-order valence-electron chi connectivity index (χ1n) is 8.89. The highest BCUT2D eigenvalue weighted by Gasteiger charge is 2.49. The molecule has 2 aliphatic heterocycles. The van der Waals surface area contributed by atoms with Crippen molar-refractivity contribution in [3.05, 3.63) is 94.7 Å². The molecule has 140 valence electrons. The number of fused-ring (bicyclic) bond motifs is 1. The minimum Gasteiger partial charge on any atom is -0.320 e. The summed E-state index contributed by atoms with van der Waals surface area (Å²) in [4.78, 5) is 32.3. The average molecular weight is 392 g/mol. The SMILES string of the molecule is CC1=CC2=N[C@](Cc3ccc(Cl)cc3)(NC(=O)c3ccccc3)C(=O)N2C=C1. The Labute approximate surface area is 168 Å². The molecule has 4 rings (SSSR count). The number of aliphatic imine (C=N–C) groups is 1. The molecule has 6 heteroatoms. The van der Waals surface area contributed by atoms with Gasteiger partial charge >= 0.3 is 0 Å². The summed E-state index contributed by atoms with van der Waals surface area (Å²) in [6.07, 6.45) is 5.58. The Kier molecular flexibility index (Phi) is 4.61. The predicted molar refractivity (Wildman–Crippen MR) is 109 cm³/mol. The van der Waals surface area contributed by atoms with Crippen LogP contribution in [0.25, 0.3) is 0 Å². The van der Waals surface area contributed by atoms with Crippen LogP contribution in [0.1, 0.15) is 22.8 Å². The second-order valence-electron chi connectivity index (χ2n) is 6.83. The molecule has 0 aromatic heterocycles. The fourth-order valence-corrected chi connectivity index (χ4v) is 3.40. The number of rotatable bonds is 4. The number of carbonyl (C=O) groups excluding carboxylic acids is 2. The number of hydrogen-bond donors (Lipinski definition) is 1. The van der Waals surface area contributed by atoms with Crippen LogP contribution in [0, 0.1) is 0 Å². The molecule has 0 spiro atoms. The van der Waals surface area contributed by atoms with Crippen LogP contribution in [-0.4, -0.2) is 28.2 Å². The van der Waals surface area contributed by atoms with Gasteiger partial charge in [-0.15, -0.1) is 0 Å². The van der Waals surface area contributed by atoms with E-state index in [1.54, 1.807) is 42.6 Å². The summed E-state index contributed by atoms with van der Waals surface area (Å²) >= 11 is 5.98. The quantitative estimate of drug-likeness (QED) is 0.863. The van der Waals surface area contributed by atoms with Crippen LogP contribution in [0.3, 0.4) is 0 Å². The molecule has 2 amide bonds. The van der Waals surface area contributed by atoms with E-state index in [0.29, 0.717) is 16.4 Å². The first-order valence-corrected chi connectivity index (χ1v) is 9.27. The Balaban J connectivity index is 1.73. The van der Waals surface area contributed by atoms with Gasteiger partial charge in [0.05, 0.1) is 0 Å².